The molecule has 2 heterocycles. The van der Waals surface area contributed by atoms with E-state index in [0.717, 1.165) is 36.5 Å². The third-order valence-corrected chi connectivity index (χ3v) is 7.88. The Morgan fingerprint density at radius 2 is 1.55 bits per heavy atom. The van der Waals surface area contributed by atoms with Gasteiger partial charge in [0.2, 0.25) is 5.91 Å². The molecule has 2 N–H and O–H groups in total. The smallest absolute Gasteiger partial charge is 0.254 e. The molecule has 42 heavy (non-hydrogen) atoms. The quantitative estimate of drug-likeness (QED) is 0.434. The van der Waals surface area contributed by atoms with E-state index in [2.05, 4.69) is 15.5 Å². The second-order valence-corrected chi connectivity index (χ2v) is 10.9. The zero-order valence-corrected chi connectivity index (χ0v) is 24.5. The molecule has 0 saturated carbocycles. The van der Waals surface area contributed by atoms with Gasteiger partial charge in [0, 0.05) is 62.0 Å². The Bertz CT molecular complexity index is 1410. The lowest BCUT2D eigenvalue weighted by molar-refractivity contribution is -0.115. The predicted molar refractivity (Wildman–Crippen MR) is 165 cm³/mol. The van der Waals surface area contributed by atoms with Gasteiger partial charge in [-0.25, -0.2) is 0 Å². The van der Waals surface area contributed by atoms with E-state index in [1.807, 2.05) is 46.2 Å². The van der Waals surface area contributed by atoms with Crippen LogP contribution in [0.1, 0.15) is 32.7 Å². The van der Waals surface area contributed by atoms with Crippen LogP contribution in [-0.4, -0.2) is 87.0 Å². The second-order valence-electron chi connectivity index (χ2n) is 10.5. The molecule has 220 valence electrons. The molecule has 0 aromatic heterocycles. The number of anilines is 2. The fourth-order valence-electron chi connectivity index (χ4n) is 5.35. The van der Waals surface area contributed by atoms with Crippen molar-refractivity contribution >= 4 is 40.7 Å². The van der Waals surface area contributed by atoms with Crippen LogP contribution in [0.15, 0.2) is 66.7 Å². The molecule has 5 rings (SSSR count). The molecule has 10 heteroatoms. The van der Waals surface area contributed by atoms with Gasteiger partial charge in [0.15, 0.2) is 0 Å². The lowest BCUT2D eigenvalue weighted by Crippen LogP contribution is -2.49. The maximum absolute atomic E-state index is 13.4. The van der Waals surface area contributed by atoms with Crippen LogP contribution in [0.3, 0.4) is 0 Å². The Balaban J connectivity index is 1.34. The molecule has 2 fully saturated rings. The summed E-state index contributed by atoms with van der Waals surface area (Å²) in [4.78, 5) is 45.5. The number of carbonyl (C=O) groups is 3. The molecule has 0 unspecified atom stereocenters. The molecule has 9 nitrogen and oxygen atoms in total. The lowest BCUT2D eigenvalue weighted by Gasteiger charge is -2.37. The summed E-state index contributed by atoms with van der Waals surface area (Å²) < 4.78 is 5.22. The molecular weight excluding hydrogens is 554 g/mol. The van der Waals surface area contributed by atoms with Crippen molar-refractivity contribution in [2.75, 3.05) is 69.7 Å². The van der Waals surface area contributed by atoms with Crippen molar-refractivity contribution in [3.8, 4) is 5.75 Å². The van der Waals surface area contributed by atoms with Gasteiger partial charge < -0.3 is 30.1 Å². The van der Waals surface area contributed by atoms with Gasteiger partial charge >= 0.3 is 0 Å². The van der Waals surface area contributed by atoms with Gasteiger partial charge in [-0.1, -0.05) is 29.8 Å². The van der Waals surface area contributed by atoms with Gasteiger partial charge in [-0.05, 0) is 67.1 Å². The molecule has 0 atom stereocenters. The van der Waals surface area contributed by atoms with E-state index < -0.39 is 0 Å². The van der Waals surface area contributed by atoms with Crippen LogP contribution < -0.4 is 20.3 Å². The first-order chi connectivity index (χ1) is 20.4. The second kappa shape index (κ2) is 13.7. The molecule has 0 bridgehead atoms. The van der Waals surface area contributed by atoms with Crippen LogP contribution in [0.2, 0.25) is 5.02 Å². The maximum atomic E-state index is 13.4. The van der Waals surface area contributed by atoms with Crippen LogP contribution >= 0.6 is 11.6 Å². The van der Waals surface area contributed by atoms with Gasteiger partial charge in [-0.15, -0.1) is 0 Å². The average molecular weight is 590 g/mol. The zero-order valence-electron chi connectivity index (χ0n) is 23.8. The van der Waals surface area contributed by atoms with Crippen LogP contribution in [-0.2, 0) is 11.2 Å². The number of carbonyl (C=O) groups excluding carboxylic acids is 3. The molecule has 3 aromatic carbocycles. The van der Waals surface area contributed by atoms with E-state index in [0.29, 0.717) is 61.1 Å². The van der Waals surface area contributed by atoms with Crippen molar-refractivity contribution in [2.45, 2.75) is 12.8 Å². The summed E-state index contributed by atoms with van der Waals surface area (Å²) in [6, 6.07) is 19.9. The first-order valence-corrected chi connectivity index (χ1v) is 14.7. The van der Waals surface area contributed by atoms with Gasteiger partial charge in [0.05, 0.1) is 24.9 Å². The molecular formula is C32H36ClN5O4. The Labute approximate surface area is 251 Å². The highest BCUT2D eigenvalue weighted by Gasteiger charge is 2.26. The standard InChI is InChI=1S/C32H36ClN5O4/c1-42-27-9-6-23(7-10-27)20-30(39)35-28-22-25(32(41)37-14-3-12-34-13-15-37)8-11-29(28)36-16-18-38(19-17-36)31(40)24-4-2-5-26(33)21-24/h2,4-11,21-22,34H,3,12-20H2,1H3,(H,35,39). The summed E-state index contributed by atoms with van der Waals surface area (Å²) in [5, 5.41) is 6.93. The van der Waals surface area contributed by atoms with E-state index in [4.69, 9.17) is 16.3 Å². The number of hydrogen-bond donors (Lipinski definition) is 2. The number of ether oxygens (including phenoxy) is 1. The van der Waals surface area contributed by atoms with Crippen LogP contribution in [0, 0.1) is 0 Å². The van der Waals surface area contributed by atoms with Gasteiger partial charge in [-0.3, -0.25) is 14.4 Å². The topological polar surface area (TPSA) is 94.2 Å². The summed E-state index contributed by atoms with van der Waals surface area (Å²) in [7, 11) is 1.60. The monoisotopic (exact) mass is 589 g/mol. The number of rotatable bonds is 7. The Morgan fingerprint density at radius 3 is 2.26 bits per heavy atom. The third kappa shape index (κ3) is 7.21. The molecule has 2 aliphatic rings. The van der Waals surface area contributed by atoms with E-state index in [-0.39, 0.29) is 24.1 Å². The normalized spacial score (nSPS) is 15.6. The first-order valence-electron chi connectivity index (χ1n) is 14.3. The first kappa shape index (κ1) is 29.4. The highest BCUT2D eigenvalue weighted by atomic mass is 35.5. The number of benzene rings is 3. The van der Waals surface area contributed by atoms with E-state index in [9.17, 15) is 14.4 Å². The van der Waals surface area contributed by atoms with Crippen LogP contribution in [0.5, 0.6) is 5.75 Å². The van der Waals surface area contributed by atoms with Crippen molar-refractivity contribution in [3.05, 3.63) is 88.4 Å². The molecule has 2 saturated heterocycles. The number of nitrogens with zero attached hydrogens (tertiary/aromatic N) is 3. The van der Waals surface area contributed by atoms with Crippen molar-refractivity contribution in [3.63, 3.8) is 0 Å². The third-order valence-electron chi connectivity index (χ3n) is 7.65. The van der Waals surface area contributed by atoms with Crippen molar-refractivity contribution in [1.82, 2.24) is 15.1 Å². The average Bonchev–Trinajstić information content (AvgIpc) is 3.31. The summed E-state index contributed by atoms with van der Waals surface area (Å²) in [5.41, 5.74) is 3.36. The predicted octanol–water partition coefficient (Wildman–Crippen LogP) is 3.93. The van der Waals surface area contributed by atoms with Crippen LogP contribution in [0.25, 0.3) is 0 Å². The fourth-order valence-corrected chi connectivity index (χ4v) is 5.54. The van der Waals surface area contributed by atoms with Crippen molar-refractivity contribution < 1.29 is 19.1 Å². The summed E-state index contributed by atoms with van der Waals surface area (Å²) in [6.07, 6.45) is 1.08. The number of nitrogens with one attached hydrogen (secondary N) is 2. The largest absolute Gasteiger partial charge is 0.497 e. The molecule has 2 aliphatic heterocycles. The molecule has 3 aromatic rings. The molecule has 3 amide bonds. The van der Waals surface area contributed by atoms with E-state index in [1.54, 1.807) is 37.4 Å². The van der Waals surface area contributed by atoms with Crippen molar-refractivity contribution in [1.29, 1.82) is 0 Å². The summed E-state index contributed by atoms with van der Waals surface area (Å²) in [6.45, 7) is 5.18. The number of methoxy groups -OCH3 is 1. The summed E-state index contributed by atoms with van der Waals surface area (Å²) in [5.74, 6) is 0.440. The van der Waals surface area contributed by atoms with Crippen LogP contribution in [0.4, 0.5) is 11.4 Å². The van der Waals surface area contributed by atoms with Gasteiger partial charge in [-0.2, -0.15) is 0 Å². The SMILES string of the molecule is COc1ccc(CC(=O)Nc2cc(C(=O)N3CCCNCC3)ccc2N2CCN(C(=O)c3cccc(Cl)c3)CC2)cc1. The zero-order chi connectivity index (χ0) is 29.5. The highest BCUT2D eigenvalue weighted by Crippen LogP contribution is 2.30. The fraction of sp³-hybridized carbons (Fsp3) is 0.344. The number of halogens is 1. The van der Waals surface area contributed by atoms with E-state index >= 15 is 0 Å². The lowest BCUT2D eigenvalue weighted by atomic mass is 10.1. The number of amides is 3. The molecule has 0 radical (unpaired) electrons. The van der Waals surface area contributed by atoms with Gasteiger partial charge in [0.25, 0.3) is 11.8 Å². The molecule has 0 spiro atoms. The molecule has 0 aliphatic carbocycles. The van der Waals surface area contributed by atoms with Gasteiger partial charge in [0.1, 0.15) is 5.75 Å². The minimum atomic E-state index is -0.181. The number of hydrogen-bond acceptors (Lipinski definition) is 6. The Kier molecular flexibility index (Phi) is 9.61. The van der Waals surface area contributed by atoms with E-state index in [1.165, 1.54) is 0 Å². The minimum Gasteiger partial charge on any atom is -0.497 e. The maximum Gasteiger partial charge on any atom is 0.254 e. The number of piperazine rings is 1. The summed E-state index contributed by atoms with van der Waals surface area (Å²) >= 11 is 6.10. The highest BCUT2D eigenvalue weighted by molar-refractivity contribution is 6.31. The van der Waals surface area contributed by atoms with Crippen molar-refractivity contribution in [2.24, 2.45) is 0 Å². The Hall–Kier alpha value is -4.08. The Morgan fingerprint density at radius 1 is 0.833 bits per heavy atom. The minimum absolute atomic E-state index is 0.0483.